The Hall–Kier alpha value is -11.6. The summed E-state index contributed by atoms with van der Waals surface area (Å²) in [4.78, 5) is 37.0. The van der Waals surface area contributed by atoms with E-state index >= 15 is 0 Å². The van der Waals surface area contributed by atoms with Crippen LogP contribution in [0.25, 0.3) is 146 Å². The van der Waals surface area contributed by atoms with Gasteiger partial charge in [-0.3, -0.25) is 0 Å². The van der Waals surface area contributed by atoms with Crippen LogP contribution in [0.15, 0.2) is 170 Å². The molecule has 4 aliphatic heterocycles. The number of aromatic nitrogens is 8. The van der Waals surface area contributed by atoms with Crippen molar-refractivity contribution < 1.29 is 33.2 Å². The van der Waals surface area contributed by atoms with Gasteiger partial charge in [-0.15, -0.1) is 0 Å². The molecule has 528 valence electrons. The van der Waals surface area contributed by atoms with E-state index in [0.717, 1.165) is 180 Å². The number of nitrogens with zero attached hydrogens (tertiary/aromatic N) is 4. The summed E-state index contributed by atoms with van der Waals surface area (Å²) in [6.45, 7) is 20.4. The maximum Gasteiger partial charge on any atom is 0.161 e. The lowest BCUT2D eigenvalue weighted by molar-refractivity contribution is 0.00479. The van der Waals surface area contributed by atoms with Gasteiger partial charge in [-0.25, -0.2) is 19.9 Å². The fourth-order valence-electron chi connectivity index (χ4n) is 14.8. The number of allylic oxidation sites excluding steroid dienone is 4. The molecular weight excluding hydrogens is 1310 g/mol. The summed E-state index contributed by atoms with van der Waals surface area (Å²) in [7, 11) is 3.33. The number of rotatable bonds is 23. The first kappa shape index (κ1) is 69.1. The van der Waals surface area contributed by atoms with Crippen LogP contribution in [0.2, 0.25) is 0 Å². The predicted molar refractivity (Wildman–Crippen MR) is 428 cm³/mol. The van der Waals surface area contributed by atoms with Crippen LogP contribution >= 0.6 is 0 Å². The zero-order chi connectivity index (χ0) is 72.2. The molecule has 0 saturated heterocycles. The number of aromatic amines is 4. The van der Waals surface area contributed by atoms with E-state index in [4.69, 9.17) is 53.1 Å². The van der Waals surface area contributed by atoms with Crippen LogP contribution in [0, 0.1) is 20.8 Å². The number of hydrogen-bond acceptors (Lipinski definition) is 11. The molecule has 6 aromatic heterocycles. The van der Waals surface area contributed by atoms with Crippen LogP contribution in [-0.4, -0.2) is 107 Å². The van der Waals surface area contributed by atoms with Crippen molar-refractivity contribution in [1.82, 2.24) is 39.9 Å². The Morgan fingerprint density at radius 2 is 0.724 bits per heavy atom. The number of nitrogens with one attached hydrogen (secondary N) is 4. The van der Waals surface area contributed by atoms with Gasteiger partial charge in [0.2, 0.25) is 0 Å². The maximum absolute atomic E-state index is 6.33. The quantitative estimate of drug-likeness (QED) is 0.0448. The first-order valence-corrected chi connectivity index (χ1v) is 36.2. The van der Waals surface area contributed by atoms with Gasteiger partial charge in [-0.1, -0.05) is 117 Å². The lowest BCUT2D eigenvalue weighted by Crippen LogP contribution is -2.14. The van der Waals surface area contributed by atoms with Gasteiger partial charge < -0.3 is 53.1 Å². The monoisotopic (exact) mass is 1390 g/mol. The third kappa shape index (κ3) is 13.7. The molecule has 0 fully saturated rings. The molecule has 16 bridgehead atoms. The molecule has 0 radical (unpaired) electrons. The van der Waals surface area contributed by atoms with Crippen molar-refractivity contribution in [3.05, 3.63) is 238 Å². The molecule has 15 heteroatoms. The molecule has 0 saturated carbocycles. The first-order chi connectivity index (χ1) is 51.4. The topological polar surface area (TPSA) is 179 Å². The minimum atomic E-state index is 0.299. The van der Waals surface area contributed by atoms with Crippen LogP contribution in [0.1, 0.15) is 109 Å². The highest BCUT2D eigenvalue weighted by Crippen LogP contribution is 2.45. The average Bonchev–Trinajstić information content (AvgIpc) is 1.62. The summed E-state index contributed by atoms with van der Waals surface area (Å²) in [5.41, 5.74) is 34.2. The van der Waals surface area contributed by atoms with E-state index in [1.807, 2.05) is 42.5 Å². The summed E-state index contributed by atoms with van der Waals surface area (Å²) in [6, 6.07) is 58.6. The molecule has 4 aliphatic rings. The summed E-state index contributed by atoms with van der Waals surface area (Å²) in [5.74, 6) is 2.39. The number of aryl methyl sites for hydroxylation is 4. The minimum Gasteiger partial charge on any atom is -0.493 e. The van der Waals surface area contributed by atoms with Gasteiger partial charge in [-0.2, -0.15) is 0 Å². The zero-order valence-corrected chi connectivity index (χ0v) is 61.2. The smallest absolute Gasteiger partial charge is 0.161 e. The lowest BCUT2D eigenvalue weighted by atomic mass is 9.97. The molecule has 15 nitrogen and oxygen atoms in total. The van der Waals surface area contributed by atoms with Gasteiger partial charge in [0.05, 0.1) is 105 Å². The van der Waals surface area contributed by atoms with E-state index in [-0.39, 0.29) is 0 Å². The van der Waals surface area contributed by atoms with Crippen LogP contribution in [0.3, 0.4) is 0 Å². The van der Waals surface area contributed by atoms with Crippen molar-refractivity contribution in [2.24, 2.45) is 0 Å². The molecule has 15 rings (SSSR count). The highest BCUT2D eigenvalue weighted by Gasteiger charge is 2.26. The van der Waals surface area contributed by atoms with Gasteiger partial charge in [0.15, 0.2) is 23.0 Å². The average molecular weight is 1390 g/mol. The summed E-state index contributed by atoms with van der Waals surface area (Å²) in [5, 5.41) is 0. The van der Waals surface area contributed by atoms with Gasteiger partial charge in [0.25, 0.3) is 0 Å². The van der Waals surface area contributed by atoms with Gasteiger partial charge in [0.1, 0.15) is 13.2 Å². The molecule has 0 amide bonds. The van der Waals surface area contributed by atoms with E-state index in [0.29, 0.717) is 75.9 Å². The molecule has 11 aromatic rings. The lowest BCUT2D eigenvalue weighted by Gasteiger charge is -2.14. The number of fused-ring (bicyclic) bond motifs is 16. The van der Waals surface area contributed by atoms with Crippen LogP contribution in [-0.2, 0) is 20.6 Å². The second-order valence-electron chi connectivity index (χ2n) is 26.7. The van der Waals surface area contributed by atoms with Crippen molar-refractivity contribution in [2.45, 2.75) is 68.2 Å². The first-order valence-electron chi connectivity index (χ1n) is 36.2. The number of hydrogen-bond donors (Lipinski definition) is 4. The molecule has 0 unspecified atom stereocenters. The van der Waals surface area contributed by atoms with Crippen LogP contribution in [0.5, 0.6) is 23.0 Å². The molecule has 10 heterocycles. The molecule has 4 N–H and O–H groups in total. The molecule has 0 spiro atoms. The SMILES string of the molecule is CCC1=C(C)c2cc3[nH]c(c(C)c3C)c(-c3ccc(OCCOCCOCCOCCOc4ccc(-c5c6nc(c(-c7ccccc7)c7ccc([nH]7)c(-c7ccccc7)c7nc(c(-c8ccccc8)c8ccc5[nH]8)C=C7)C=C6)cc4OC)c(OC)c3)c3nc(cc4[nH]c(cc1n2)c(CC)c4C)C(C)=C3C. The van der Waals surface area contributed by atoms with Crippen molar-refractivity contribution in [2.75, 3.05) is 67.1 Å². The zero-order valence-electron chi connectivity index (χ0n) is 61.2. The Labute approximate surface area is 612 Å². The Morgan fingerprint density at radius 3 is 1.17 bits per heavy atom. The van der Waals surface area contributed by atoms with Crippen molar-refractivity contribution >= 4 is 90.7 Å². The molecule has 0 aliphatic carbocycles. The summed E-state index contributed by atoms with van der Waals surface area (Å²) in [6.07, 6.45) is 10.2. The predicted octanol–water partition coefficient (Wildman–Crippen LogP) is 20.9. The van der Waals surface area contributed by atoms with E-state index in [1.54, 1.807) is 14.2 Å². The largest absolute Gasteiger partial charge is 0.493 e. The third-order valence-electron chi connectivity index (χ3n) is 20.6. The van der Waals surface area contributed by atoms with E-state index in [1.165, 1.54) is 22.3 Å². The third-order valence-corrected chi connectivity index (χ3v) is 20.6. The highest BCUT2D eigenvalue weighted by molar-refractivity contribution is 6.03. The Morgan fingerprint density at radius 1 is 0.314 bits per heavy atom. The number of ether oxygens (including phenoxy) is 7. The molecular formula is C90H86N8O7. The van der Waals surface area contributed by atoms with E-state index in [2.05, 4.69) is 227 Å². The van der Waals surface area contributed by atoms with Crippen molar-refractivity contribution in [1.29, 1.82) is 0 Å². The fraction of sp³-hybridized carbons (Fsp3) is 0.222. The van der Waals surface area contributed by atoms with Crippen LogP contribution in [0.4, 0.5) is 0 Å². The van der Waals surface area contributed by atoms with E-state index < -0.39 is 0 Å². The summed E-state index contributed by atoms with van der Waals surface area (Å²) >= 11 is 0. The minimum absolute atomic E-state index is 0.299. The maximum atomic E-state index is 6.33. The fourth-order valence-corrected chi connectivity index (χ4v) is 14.8. The standard InChI is InChI=1S/C90H86N8O7/c1-11-64-57(7)76-50-74-53(3)55(5)89(97-74)88(90-56(6)54(4)75(98-90)51-77-58(8)65(12-2)79(96-77)52-78(64)95-76)63-29-39-81(83(49-63)100-10)105-47-45-103-43-41-101-40-42-102-44-46-104-80-38-28-62(48-82(80)99-9)87-72-36-34-70(93-72)85(60-24-18-14-19-25-60)68-32-30-66(91-68)84(59-22-16-13-17-23-59)67-31-33-69(92-67)86(61-26-20-15-21-27-61)71-35-37-73(87)94-71/h13-39,48-52,91,94-95,98H,11-12,40-47H2,1-10H3. The molecule has 0 atom stereocenters. The van der Waals surface area contributed by atoms with Crippen molar-refractivity contribution in [3.8, 4) is 78.6 Å². The Kier molecular flexibility index (Phi) is 20.0. The van der Waals surface area contributed by atoms with Crippen LogP contribution < -0.4 is 18.9 Å². The highest BCUT2D eigenvalue weighted by atomic mass is 16.6. The van der Waals surface area contributed by atoms with Gasteiger partial charge in [-0.05, 0) is 218 Å². The second kappa shape index (κ2) is 30.4. The van der Waals surface area contributed by atoms with E-state index in [9.17, 15) is 0 Å². The Bertz CT molecular complexity index is 5620. The van der Waals surface area contributed by atoms with Gasteiger partial charge >= 0.3 is 0 Å². The molecule has 5 aromatic carbocycles. The molecule has 105 heavy (non-hydrogen) atoms. The summed E-state index contributed by atoms with van der Waals surface area (Å²) < 4.78 is 42.6. The Balaban J connectivity index is 0.602. The van der Waals surface area contributed by atoms with Crippen molar-refractivity contribution in [3.63, 3.8) is 0 Å². The van der Waals surface area contributed by atoms with Gasteiger partial charge in [0, 0.05) is 66.4 Å². The number of benzene rings is 5. The normalized spacial score (nSPS) is 12.6. The number of H-pyrrole nitrogens is 4. The number of methoxy groups -OCH3 is 2. The second-order valence-corrected chi connectivity index (χ2v) is 26.7.